The van der Waals surface area contributed by atoms with Crippen molar-refractivity contribution in [1.82, 2.24) is 20.0 Å². The Balaban J connectivity index is 1.24. The quantitative estimate of drug-likeness (QED) is 0.213. The maximum absolute atomic E-state index is 14.0. The molecule has 4 rings (SSSR count). The summed E-state index contributed by atoms with van der Waals surface area (Å²) in [6, 6.07) is 10.5. The summed E-state index contributed by atoms with van der Waals surface area (Å²) in [4.78, 5) is 4.29. The van der Waals surface area contributed by atoms with Crippen molar-refractivity contribution < 1.29 is 22.0 Å². The third kappa shape index (κ3) is 7.02. The minimum atomic E-state index is -4.59. The molecule has 0 aliphatic heterocycles. The number of nitrogens with one attached hydrogen (secondary N) is 1. The Hall–Kier alpha value is -3.95. The number of rotatable bonds is 10. The number of nitrogens with zero attached hydrogens (tertiary/aromatic N) is 4. The fourth-order valence-corrected chi connectivity index (χ4v) is 3.42. The third-order valence-electron chi connectivity index (χ3n) is 5.30. The minimum Gasteiger partial charge on any atom is -0.445 e. The van der Waals surface area contributed by atoms with Gasteiger partial charge in [0.25, 0.3) is 0 Å². The standard InChI is InChI=1S/C25H23F4N5O/c26-23-15-20(25(27,28)29)8-6-19(23)7-11-24-32-22(17-35-24)16-30-21-9-4-18(5-10-21)3-1-2-13-34-14-12-31-33-34/h4-12,14-15,17,30H,1-3,13,16H2. The van der Waals surface area contributed by atoms with Gasteiger partial charge in [-0.2, -0.15) is 13.2 Å². The average Bonchev–Trinajstić information content (AvgIpc) is 3.52. The molecule has 0 saturated carbocycles. The summed E-state index contributed by atoms with van der Waals surface area (Å²) in [6.07, 6.45) is 6.20. The molecule has 2 aromatic heterocycles. The Morgan fingerprint density at radius 3 is 2.57 bits per heavy atom. The zero-order valence-corrected chi connectivity index (χ0v) is 18.7. The van der Waals surface area contributed by atoms with Crippen molar-refractivity contribution in [1.29, 1.82) is 0 Å². The SMILES string of the molecule is Fc1cc(C(F)(F)F)ccc1C=Cc1nc(CNc2ccc(CCCCn3ccnn3)cc2)co1. The summed E-state index contributed by atoms with van der Waals surface area (Å²) >= 11 is 0. The second kappa shape index (κ2) is 11.0. The summed E-state index contributed by atoms with van der Waals surface area (Å²) in [7, 11) is 0. The normalized spacial score (nSPS) is 11.9. The van der Waals surface area contributed by atoms with Crippen LogP contribution < -0.4 is 5.32 Å². The van der Waals surface area contributed by atoms with Crippen molar-refractivity contribution in [3.05, 3.63) is 95.2 Å². The molecule has 0 spiro atoms. The molecule has 0 aliphatic carbocycles. The van der Waals surface area contributed by atoms with Crippen molar-refractivity contribution in [2.24, 2.45) is 0 Å². The zero-order chi connectivity index (χ0) is 24.7. The Kier molecular flexibility index (Phi) is 7.59. The van der Waals surface area contributed by atoms with Crippen molar-refractivity contribution in [3.8, 4) is 0 Å². The lowest BCUT2D eigenvalue weighted by Crippen LogP contribution is -2.05. The summed E-state index contributed by atoms with van der Waals surface area (Å²) in [5.74, 6) is -0.745. The highest BCUT2D eigenvalue weighted by Gasteiger charge is 2.30. The first kappa shape index (κ1) is 24.2. The molecule has 0 amide bonds. The van der Waals surface area contributed by atoms with E-state index in [1.807, 2.05) is 23.0 Å². The second-order valence-corrected chi connectivity index (χ2v) is 7.92. The highest BCUT2D eigenvalue weighted by Crippen LogP contribution is 2.30. The average molecular weight is 485 g/mol. The number of alkyl halides is 3. The van der Waals surface area contributed by atoms with Gasteiger partial charge in [0.2, 0.25) is 5.89 Å². The van der Waals surface area contributed by atoms with Crippen molar-refractivity contribution >= 4 is 17.8 Å². The fraction of sp³-hybridized carbons (Fsp3) is 0.240. The van der Waals surface area contributed by atoms with Crippen LogP contribution in [0.15, 0.2) is 65.5 Å². The third-order valence-corrected chi connectivity index (χ3v) is 5.30. The minimum absolute atomic E-state index is 0.00867. The molecule has 2 heterocycles. The van der Waals surface area contributed by atoms with Gasteiger partial charge in [0.05, 0.1) is 24.0 Å². The van der Waals surface area contributed by atoms with Crippen LogP contribution in [0.2, 0.25) is 0 Å². The first-order chi connectivity index (χ1) is 16.9. The van der Waals surface area contributed by atoms with Crippen LogP contribution in [-0.2, 0) is 25.7 Å². The van der Waals surface area contributed by atoms with Gasteiger partial charge in [0.15, 0.2) is 0 Å². The summed E-state index contributed by atoms with van der Waals surface area (Å²) in [6.45, 7) is 1.27. The zero-order valence-electron chi connectivity index (χ0n) is 18.7. The van der Waals surface area contributed by atoms with Gasteiger partial charge in [0, 0.05) is 30.1 Å². The lowest BCUT2D eigenvalue weighted by molar-refractivity contribution is -0.137. The van der Waals surface area contributed by atoms with Gasteiger partial charge in [-0.15, -0.1) is 5.10 Å². The molecule has 0 radical (unpaired) electrons. The fourth-order valence-electron chi connectivity index (χ4n) is 3.42. The monoisotopic (exact) mass is 485 g/mol. The van der Waals surface area contributed by atoms with E-state index >= 15 is 0 Å². The molecule has 0 saturated heterocycles. The van der Waals surface area contributed by atoms with E-state index in [0.29, 0.717) is 18.3 Å². The maximum Gasteiger partial charge on any atom is 0.416 e. The Labute approximate surface area is 199 Å². The summed E-state index contributed by atoms with van der Waals surface area (Å²) in [5, 5.41) is 11.0. The molecule has 0 fully saturated rings. The number of hydrogen-bond donors (Lipinski definition) is 1. The maximum atomic E-state index is 14.0. The number of halogens is 4. The van der Waals surface area contributed by atoms with Crippen LogP contribution in [-0.4, -0.2) is 20.0 Å². The van der Waals surface area contributed by atoms with Crippen LogP contribution in [0.25, 0.3) is 12.2 Å². The molecule has 10 heteroatoms. The molecular formula is C25H23F4N5O. The van der Waals surface area contributed by atoms with Gasteiger partial charge in [-0.25, -0.2) is 9.37 Å². The largest absolute Gasteiger partial charge is 0.445 e. The first-order valence-corrected chi connectivity index (χ1v) is 11.0. The smallest absolute Gasteiger partial charge is 0.416 e. The Morgan fingerprint density at radius 2 is 1.86 bits per heavy atom. The molecule has 0 atom stereocenters. The molecule has 0 aliphatic rings. The number of hydrogen-bond acceptors (Lipinski definition) is 5. The number of benzene rings is 2. The molecule has 4 aromatic rings. The molecule has 182 valence electrons. The van der Waals surface area contributed by atoms with Crippen molar-refractivity contribution in [2.45, 2.75) is 38.5 Å². The number of unbranched alkanes of at least 4 members (excludes halogenated alkanes) is 1. The van der Waals surface area contributed by atoms with E-state index in [1.54, 1.807) is 6.20 Å². The van der Waals surface area contributed by atoms with Crippen LogP contribution >= 0.6 is 0 Å². The van der Waals surface area contributed by atoms with E-state index in [0.717, 1.165) is 43.6 Å². The molecular weight excluding hydrogens is 462 g/mol. The lowest BCUT2D eigenvalue weighted by Gasteiger charge is -2.07. The predicted molar refractivity (Wildman–Crippen MR) is 124 cm³/mol. The van der Waals surface area contributed by atoms with E-state index in [9.17, 15) is 17.6 Å². The van der Waals surface area contributed by atoms with Gasteiger partial charge in [-0.1, -0.05) is 23.4 Å². The van der Waals surface area contributed by atoms with E-state index in [-0.39, 0.29) is 11.5 Å². The van der Waals surface area contributed by atoms with E-state index in [4.69, 9.17) is 4.42 Å². The van der Waals surface area contributed by atoms with Crippen LogP contribution in [0.5, 0.6) is 0 Å². The number of aryl methyl sites for hydroxylation is 2. The van der Waals surface area contributed by atoms with Crippen LogP contribution in [0.4, 0.5) is 23.2 Å². The van der Waals surface area contributed by atoms with Gasteiger partial charge in [-0.3, -0.25) is 4.68 Å². The van der Waals surface area contributed by atoms with Crippen molar-refractivity contribution in [2.75, 3.05) is 5.32 Å². The molecule has 6 nitrogen and oxygen atoms in total. The topological polar surface area (TPSA) is 68.8 Å². The Morgan fingerprint density at radius 1 is 1.03 bits per heavy atom. The number of oxazole rings is 1. The molecule has 2 aromatic carbocycles. The highest BCUT2D eigenvalue weighted by molar-refractivity contribution is 5.66. The second-order valence-electron chi connectivity index (χ2n) is 7.92. The molecule has 0 unspecified atom stereocenters. The van der Waals surface area contributed by atoms with Crippen LogP contribution in [0.1, 0.15) is 41.1 Å². The van der Waals surface area contributed by atoms with Crippen LogP contribution in [0.3, 0.4) is 0 Å². The van der Waals surface area contributed by atoms with Gasteiger partial charge >= 0.3 is 6.18 Å². The number of anilines is 1. The molecule has 35 heavy (non-hydrogen) atoms. The molecule has 1 N–H and O–H groups in total. The Bertz CT molecular complexity index is 1250. The summed E-state index contributed by atoms with van der Waals surface area (Å²) in [5.41, 5.74) is 1.79. The van der Waals surface area contributed by atoms with E-state index in [1.165, 1.54) is 24.0 Å². The first-order valence-electron chi connectivity index (χ1n) is 11.0. The summed E-state index contributed by atoms with van der Waals surface area (Å²) < 4.78 is 59.1. The van der Waals surface area contributed by atoms with Gasteiger partial charge in [-0.05, 0) is 55.2 Å². The van der Waals surface area contributed by atoms with Crippen molar-refractivity contribution in [3.63, 3.8) is 0 Å². The number of aromatic nitrogens is 4. The van der Waals surface area contributed by atoms with Gasteiger partial charge < -0.3 is 9.73 Å². The van der Waals surface area contributed by atoms with Crippen LogP contribution in [0, 0.1) is 5.82 Å². The highest BCUT2D eigenvalue weighted by atomic mass is 19.4. The predicted octanol–water partition coefficient (Wildman–Crippen LogP) is 6.23. The van der Waals surface area contributed by atoms with E-state index < -0.39 is 17.6 Å². The molecule has 0 bridgehead atoms. The van der Waals surface area contributed by atoms with Gasteiger partial charge in [0.1, 0.15) is 12.1 Å². The lowest BCUT2D eigenvalue weighted by atomic mass is 10.1. The van der Waals surface area contributed by atoms with E-state index in [2.05, 4.69) is 32.7 Å².